The standard InChI is InChI=1S/C21H32.C2H6.H2O/c1-15(5-6-16-7-8-16)13-18-14-20(18)17-9-11-19(12-10-17)21(2,3)4;1-2;/h9-11,13,16,18-20H,5-8,12,14H2,1-4H3;1-2H3;1H2/b15-13+;;. The Balaban J connectivity index is 0.000000925. The lowest BCUT2D eigenvalue weighted by Gasteiger charge is -2.29. The molecule has 0 aromatic heterocycles. The number of rotatable bonds is 5. The number of allylic oxidation sites excluding steroid dienone is 6. The van der Waals surface area contributed by atoms with Crippen LogP contribution in [0.5, 0.6) is 0 Å². The van der Waals surface area contributed by atoms with Gasteiger partial charge in [0.2, 0.25) is 0 Å². The van der Waals surface area contributed by atoms with E-state index in [4.69, 9.17) is 0 Å². The van der Waals surface area contributed by atoms with E-state index in [1.165, 1.54) is 38.5 Å². The molecule has 1 nitrogen and oxygen atoms in total. The predicted molar refractivity (Wildman–Crippen MR) is 107 cm³/mol. The van der Waals surface area contributed by atoms with E-state index in [9.17, 15) is 0 Å². The van der Waals surface area contributed by atoms with Gasteiger partial charge in [0.1, 0.15) is 0 Å². The van der Waals surface area contributed by atoms with E-state index in [-0.39, 0.29) is 5.48 Å². The quantitative estimate of drug-likeness (QED) is 0.514. The molecular formula is C23H40O. The molecule has 24 heavy (non-hydrogen) atoms. The van der Waals surface area contributed by atoms with E-state index in [0.717, 1.165) is 17.8 Å². The van der Waals surface area contributed by atoms with Crippen molar-refractivity contribution in [2.45, 2.75) is 80.1 Å². The summed E-state index contributed by atoms with van der Waals surface area (Å²) < 4.78 is 0. The van der Waals surface area contributed by atoms with Crippen molar-refractivity contribution in [3.8, 4) is 0 Å². The SMILES string of the molecule is C/C(=C\C1CC1C1=CCC(C(C)(C)C)C=C1)CCC1CC1.CC.O. The maximum atomic E-state index is 2.58. The molecule has 3 rings (SSSR count). The maximum Gasteiger partial charge on any atom is -0.00961 e. The Morgan fingerprint density at radius 3 is 2.38 bits per heavy atom. The molecule has 0 aromatic rings. The molecular weight excluding hydrogens is 292 g/mol. The van der Waals surface area contributed by atoms with Crippen molar-refractivity contribution in [2.24, 2.45) is 29.1 Å². The van der Waals surface area contributed by atoms with Crippen LogP contribution in [-0.2, 0) is 0 Å². The Kier molecular flexibility index (Phi) is 7.99. The fourth-order valence-electron chi connectivity index (χ4n) is 3.62. The second kappa shape index (κ2) is 9.04. The lowest BCUT2D eigenvalue weighted by molar-refractivity contribution is 0.292. The smallest absolute Gasteiger partial charge is 0.00961 e. The monoisotopic (exact) mass is 332 g/mol. The summed E-state index contributed by atoms with van der Waals surface area (Å²) >= 11 is 0. The maximum absolute atomic E-state index is 2.58. The van der Waals surface area contributed by atoms with Gasteiger partial charge in [-0.3, -0.25) is 0 Å². The summed E-state index contributed by atoms with van der Waals surface area (Å²) in [4.78, 5) is 0. The molecule has 3 atom stereocenters. The highest BCUT2D eigenvalue weighted by Gasteiger charge is 2.38. The molecule has 138 valence electrons. The van der Waals surface area contributed by atoms with Crippen molar-refractivity contribution >= 4 is 0 Å². The van der Waals surface area contributed by atoms with Gasteiger partial charge in [-0.05, 0) is 67.3 Å². The molecule has 0 amide bonds. The Morgan fingerprint density at radius 2 is 1.88 bits per heavy atom. The second-order valence-corrected chi connectivity index (χ2v) is 8.77. The highest BCUT2D eigenvalue weighted by molar-refractivity contribution is 5.33. The van der Waals surface area contributed by atoms with Crippen LogP contribution in [0.2, 0.25) is 0 Å². The minimum atomic E-state index is 0. The molecule has 0 saturated heterocycles. The van der Waals surface area contributed by atoms with Crippen LogP contribution in [0.4, 0.5) is 0 Å². The zero-order valence-corrected chi connectivity index (χ0v) is 16.9. The lowest BCUT2D eigenvalue weighted by Crippen LogP contribution is -2.19. The summed E-state index contributed by atoms with van der Waals surface area (Å²) in [5.41, 5.74) is 3.66. The molecule has 2 saturated carbocycles. The average molecular weight is 333 g/mol. The Hall–Kier alpha value is -0.820. The minimum absolute atomic E-state index is 0. The highest BCUT2D eigenvalue weighted by atomic mass is 16.0. The van der Waals surface area contributed by atoms with E-state index in [1.54, 1.807) is 11.1 Å². The van der Waals surface area contributed by atoms with Crippen LogP contribution in [0.1, 0.15) is 80.1 Å². The van der Waals surface area contributed by atoms with Crippen LogP contribution >= 0.6 is 0 Å². The summed E-state index contributed by atoms with van der Waals surface area (Å²) in [7, 11) is 0. The first-order valence-corrected chi connectivity index (χ1v) is 9.99. The van der Waals surface area contributed by atoms with Crippen LogP contribution < -0.4 is 0 Å². The van der Waals surface area contributed by atoms with Gasteiger partial charge in [-0.2, -0.15) is 0 Å². The molecule has 3 aliphatic rings. The first-order valence-electron chi connectivity index (χ1n) is 9.99. The Bertz CT molecular complexity index is 471. The van der Waals surface area contributed by atoms with Crippen molar-refractivity contribution in [1.29, 1.82) is 0 Å². The molecule has 0 heterocycles. The van der Waals surface area contributed by atoms with Gasteiger partial charge in [0.25, 0.3) is 0 Å². The fraction of sp³-hybridized carbons (Fsp3) is 0.739. The van der Waals surface area contributed by atoms with Gasteiger partial charge < -0.3 is 5.48 Å². The largest absolute Gasteiger partial charge is 0.412 e. The minimum Gasteiger partial charge on any atom is -0.412 e. The normalized spacial score (nSPS) is 29.2. The van der Waals surface area contributed by atoms with E-state index >= 15 is 0 Å². The summed E-state index contributed by atoms with van der Waals surface area (Å²) in [6.45, 7) is 13.4. The summed E-state index contributed by atoms with van der Waals surface area (Å²) in [5.74, 6) is 3.46. The molecule has 2 fully saturated rings. The van der Waals surface area contributed by atoms with Crippen LogP contribution in [0.3, 0.4) is 0 Å². The van der Waals surface area contributed by atoms with Crippen molar-refractivity contribution in [3.05, 3.63) is 35.5 Å². The van der Waals surface area contributed by atoms with Crippen LogP contribution in [0, 0.1) is 29.1 Å². The lowest BCUT2D eigenvalue weighted by atomic mass is 9.76. The van der Waals surface area contributed by atoms with Gasteiger partial charge in [0, 0.05) is 0 Å². The fourth-order valence-corrected chi connectivity index (χ4v) is 3.62. The first-order chi connectivity index (χ1) is 10.9. The van der Waals surface area contributed by atoms with Crippen molar-refractivity contribution in [3.63, 3.8) is 0 Å². The van der Waals surface area contributed by atoms with Crippen LogP contribution in [0.25, 0.3) is 0 Å². The van der Waals surface area contributed by atoms with E-state index in [0.29, 0.717) is 11.3 Å². The topological polar surface area (TPSA) is 31.5 Å². The third kappa shape index (κ3) is 6.24. The molecule has 0 aliphatic heterocycles. The van der Waals surface area contributed by atoms with Gasteiger partial charge in [-0.25, -0.2) is 0 Å². The number of hydrogen-bond donors (Lipinski definition) is 0. The molecule has 0 bridgehead atoms. The first kappa shape index (κ1) is 21.2. The zero-order chi connectivity index (χ0) is 17.0. The summed E-state index contributed by atoms with van der Waals surface area (Å²) in [6.07, 6.45) is 18.4. The zero-order valence-electron chi connectivity index (χ0n) is 16.9. The molecule has 3 aliphatic carbocycles. The van der Waals surface area contributed by atoms with Crippen LogP contribution in [-0.4, -0.2) is 5.48 Å². The highest BCUT2D eigenvalue weighted by Crippen LogP contribution is 2.48. The summed E-state index contributed by atoms with van der Waals surface area (Å²) in [6, 6.07) is 0. The molecule has 1 heteroatoms. The molecule has 3 unspecified atom stereocenters. The van der Waals surface area contributed by atoms with E-state index in [2.05, 4.69) is 52.0 Å². The number of hydrogen-bond acceptors (Lipinski definition) is 0. The molecule has 0 radical (unpaired) electrons. The van der Waals surface area contributed by atoms with Gasteiger partial charge in [0.05, 0.1) is 0 Å². The molecule has 0 aromatic carbocycles. The van der Waals surface area contributed by atoms with E-state index in [1.807, 2.05) is 13.8 Å². The van der Waals surface area contributed by atoms with E-state index < -0.39 is 0 Å². The van der Waals surface area contributed by atoms with Gasteiger partial charge in [-0.15, -0.1) is 0 Å². The predicted octanol–water partition coefficient (Wildman–Crippen LogP) is 6.51. The third-order valence-electron chi connectivity index (χ3n) is 5.65. The van der Waals surface area contributed by atoms with Crippen LogP contribution in [0.15, 0.2) is 35.5 Å². The molecule has 2 N–H and O–H groups in total. The van der Waals surface area contributed by atoms with Crippen molar-refractivity contribution < 1.29 is 5.48 Å². The second-order valence-electron chi connectivity index (χ2n) is 8.77. The average Bonchev–Trinajstić information content (AvgIpc) is 3.42. The Labute approximate surface area is 150 Å². The van der Waals surface area contributed by atoms with Gasteiger partial charge >= 0.3 is 0 Å². The Morgan fingerprint density at radius 1 is 1.21 bits per heavy atom. The van der Waals surface area contributed by atoms with Gasteiger partial charge in [-0.1, -0.05) is 77.3 Å². The summed E-state index contributed by atoms with van der Waals surface area (Å²) in [5, 5.41) is 0. The molecule has 0 spiro atoms. The third-order valence-corrected chi connectivity index (χ3v) is 5.65. The van der Waals surface area contributed by atoms with Crippen molar-refractivity contribution in [2.75, 3.05) is 0 Å². The van der Waals surface area contributed by atoms with Gasteiger partial charge in [0.15, 0.2) is 0 Å². The van der Waals surface area contributed by atoms with Crippen molar-refractivity contribution in [1.82, 2.24) is 0 Å².